The highest BCUT2D eigenvalue weighted by Gasteiger charge is 2.18. The lowest BCUT2D eigenvalue weighted by molar-refractivity contribution is 0.0934. The molecule has 1 unspecified atom stereocenters. The lowest BCUT2D eigenvalue weighted by Crippen LogP contribution is -2.27. The van der Waals surface area contributed by atoms with Gasteiger partial charge in [-0.2, -0.15) is 5.10 Å². The summed E-state index contributed by atoms with van der Waals surface area (Å²) in [5, 5.41) is 9.96. The van der Waals surface area contributed by atoms with Gasteiger partial charge in [-0.15, -0.1) is 0 Å². The molecule has 2 N–H and O–H groups in total. The zero-order valence-electron chi connectivity index (χ0n) is 14.8. The van der Waals surface area contributed by atoms with E-state index >= 15 is 0 Å². The van der Waals surface area contributed by atoms with Gasteiger partial charge in [-0.3, -0.25) is 9.89 Å². The summed E-state index contributed by atoms with van der Waals surface area (Å²) >= 11 is 0. The van der Waals surface area contributed by atoms with Crippen LogP contribution in [0.4, 0.5) is 0 Å². The van der Waals surface area contributed by atoms with Crippen molar-refractivity contribution >= 4 is 5.91 Å². The molecule has 0 saturated carbocycles. The second kappa shape index (κ2) is 7.86. The summed E-state index contributed by atoms with van der Waals surface area (Å²) in [5.41, 5.74) is 2.24. The molecule has 1 aromatic heterocycles. The number of carbonyl (C=O) groups is 1. The van der Waals surface area contributed by atoms with E-state index in [1.165, 1.54) is 0 Å². The molecule has 0 radical (unpaired) electrons. The van der Waals surface area contributed by atoms with Gasteiger partial charge in [0.1, 0.15) is 17.2 Å². The standard InChI is InChI=1S/C18H25N3O3/c1-11(2)8-13-9-16(21-20-13)18(22)19-12(3)15-7-6-14(23-4)10-17(15)24-5/h6-7,9-12H,8H2,1-5H3,(H,19,22)(H,20,21). The molecule has 1 atom stereocenters. The molecule has 6 heteroatoms. The third kappa shape index (κ3) is 4.28. The second-order valence-corrected chi connectivity index (χ2v) is 6.18. The zero-order chi connectivity index (χ0) is 17.7. The van der Waals surface area contributed by atoms with Gasteiger partial charge in [0.2, 0.25) is 0 Å². The first-order valence-electron chi connectivity index (χ1n) is 8.01. The highest BCUT2D eigenvalue weighted by Crippen LogP contribution is 2.29. The summed E-state index contributed by atoms with van der Waals surface area (Å²) in [7, 11) is 3.20. The van der Waals surface area contributed by atoms with Crippen LogP contribution in [-0.4, -0.2) is 30.3 Å². The largest absolute Gasteiger partial charge is 0.497 e. The Balaban J connectivity index is 2.10. The number of H-pyrrole nitrogens is 1. The summed E-state index contributed by atoms with van der Waals surface area (Å²) in [4.78, 5) is 12.4. The number of aromatic amines is 1. The minimum absolute atomic E-state index is 0.216. The third-order valence-electron chi connectivity index (χ3n) is 3.75. The van der Waals surface area contributed by atoms with E-state index in [4.69, 9.17) is 9.47 Å². The van der Waals surface area contributed by atoms with Crippen LogP contribution >= 0.6 is 0 Å². The van der Waals surface area contributed by atoms with Crippen LogP contribution in [0.1, 0.15) is 48.6 Å². The van der Waals surface area contributed by atoms with Crippen LogP contribution in [0.5, 0.6) is 11.5 Å². The van der Waals surface area contributed by atoms with Gasteiger partial charge < -0.3 is 14.8 Å². The number of carbonyl (C=O) groups excluding carboxylic acids is 1. The Morgan fingerprint density at radius 3 is 2.58 bits per heavy atom. The van der Waals surface area contributed by atoms with E-state index in [2.05, 4.69) is 29.4 Å². The molecule has 24 heavy (non-hydrogen) atoms. The molecule has 0 saturated heterocycles. The minimum atomic E-state index is -0.219. The van der Waals surface area contributed by atoms with Crippen molar-refractivity contribution in [2.24, 2.45) is 5.92 Å². The van der Waals surface area contributed by atoms with Gasteiger partial charge in [0, 0.05) is 17.3 Å². The molecule has 1 amide bonds. The summed E-state index contributed by atoms with van der Waals surface area (Å²) < 4.78 is 10.6. The van der Waals surface area contributed by atoms with Crippen LogP contribution in [0, 0.1) is 5.92 Å². The molecule has 2 aromatic rings. The van der Waals surface area contributed by atoms with Gasteiger partial charge in [0.25, 0.3) is 5.91 Å². The average molecular weight is 331 g/mol. The number of hydrogen-bond donors (Lipinski definition) is 2. The fraction of sp³-hybridized carbons (Fsp3) is 0.444. The smallest absolute Gasteiger partial charge is 0.272 e. The summed E-state index contributed by atoms with van der Waals surface area (Å²) in [6.45, 7) is 6.15. The van der Waals surface area contributed by atoms with E-state index in [1.54, 1.807) is 26.4 Å². The number of nitrogens with one attached hydrogen (secondary N) is 2. The molecule has 0 aliphatic carbocycles. The Kier molecular flexibility index (Phi) is 5.84. The van der Waals surface area contributed by atoms with Crippen molar-refractivity contribution in [3.63, 3.8) is 0 Å². The number of ether oxygens (including phenoxy) is 2. The van der Waals surface area contributed by atoms with Gasteiger partial charge in [-0.05, 0) is 37.5 Å². The summed E-state index contributed by atoms with van der Waals surface area (Å²) in [6.07, 6.45) is 0.863. The zero-order valence-corrected chi connectivity index (χ0v) is 14.8. The van der Waals surface area contributed by atoms with Crippen molar-refractivity contribution < 1.29 is 14.3 Å². The monoisotopic (exact) mass is 331 g/mol. The molecule has 130 valence electrons. The van der Waals surface area contributed by atoms with Crippen molar-refractivity contribution in [1.29, 1.82) is 0 Å². The Labute approximate surface area is 142 Å². The predicted molar refractivity (Wildman–Crippen MR) is 92.6 cm³/mol. The van der Waals surface area contributed by atoms with E-state index in [0.717, 1.165) is 17.7 Å². The van der Waals surface area contributed by atoms with E-state index in [1.807, 2.05) is 19.1 Å². The molecule has 0 aliphatic heterocycles. The highest BCUT2D eigenvalue weighted by molar-refractivity contribution is 5.92. The first-order valence-corrected chi connectivity index (χ1v) is 8.01. The summed E-state index contributed by atoms with van der Waals surface area (Å²) in [5.74, 6) is 1.67. The molecule has 0 fully saturated rings. The number of aromatic nitrogens is 2. The van der Waals surface area contributed by atoms with Gasteiger partial charge in [-0.25, -0.2) is 0 Å². The fourth-order valence-corrected chi connectivity index (χ4v) is 2.55. The minimum Gasteiger partial charge on any atom is -0.497 e. The Bertz CT molecular complexity index is 695. The molecular weight excluding hydrogens is 306 g/mol. The molecule has 0 spiro atoms. The van der Waals surface area contributed by atoms with Gasteiger partial charge in [-0.1, -0.05) is 13.8 Å². The molecule has 0 aliphatic rings. The predicted octanol–water partition coefficient (Wildman–Crippen LogP) is 3.12. The number of methoxy groups -OCH3 is 2. The number of benzene rings is 1. The van der Waals surface area contributed by atoms with Gasteiger partial charge in [0.05, 0.1) is 20.3 Å². The topological polar surface area (TPSA) is 76.2 Å². The molecule has 1 aromatic carbocycles. The Morgan fingerprint density at radius 2 is 1.96 bits per heavy atom. The van der Waals surface area contributed by atoms with Crippen molar-refractivity contribution in [3.8, 4) is 11.5 Å². The maximum absolute atomic E-state index is 12.4. The van der Waals surface area contributed by atoms with Crippen LogP contribution in [0.15, 0.2) is 24.3 Å². The van der Waals surface area contributed by atoms with E-state index < -0.39 is 0 Å². The van der Waals surface area contributed by atoms with Crippen LogP contribution < -0.4 is 14.8 Å². The van der Waals surface area contributed by atoms with Crippen molar-refractivity contribution in [2.75, 3.05) is 14.2 Å². The molecular formula is C18H25N3O3. The maximum Gasteiger partial charge on any atom is 0.272 e. The lowest BCUT2D eigenvalue weighted by Gasteiger charge is -2.17. The molecule has 0 bridgehead atoms. The van der Waals surface area contributed by atoms with Crippen molar-refractivity contribution in [3.05, 3.63) is 41.2 Å². The molecule has 2 rings (SSSR count). The number of amides is 1. The van der Waals surface area contributed by atoms with Crippen LogP contribution in [0.25, 0.3) is 0 Å². The quantitative estimate of drug-likeness (QED) is 0.817. The molecule has 1 heterocycles. The van der Waals surface area contributed by atoms with Crippen molar-refractivity contribution in [1.82, 2.24) is 15.5 Å². The van der Waals surface area contributed by atoms with Crippen LogP contribution in [-0.2, 0) is 6.42 Å². The second-order valence-electron chi connectivity index (χ2n) is 6.18. The van der Waals surface area contributed by atoms with E-state index in [9.17, 15) is 4.79 Å². The SMILES string of the molecule is COc1ccc(C(C)NC(=O)c2cc(CC(C)C)[nH]n2)c(OC)c1. The van der Waals surface area contributed by atoms with Crippen molar-refractivity contribution in [2.45, 2.75) is 33.2 Å². The maximum atomic E-state index is 12.4. The third-order valence-corrected chi connectivity index (χ3v) is 3.75. The lowest BCUT2D eigenvalue weighted by atomic mass is 10.1. The normalized spacial score (nSPS) is 12.1. The fourth-order valence-electron chi connectivity index (χ4n) is 2.55. The van der Waals surface area contributed by atoms with E-state index in [0.29, 0.717) is 23.1 Å². The molecule has 6 nitrogen and oxygen atoms in total. The van der Waals surface area contributed by atoms with Gasteiger partial charge in [0.15, 0.2) is 0 Å². The first-order chi connectivity index (χ1) is 11.4. The number of nitrogens with zero attached hydrogens (tertiary/aromatic N) is 1. The highest BCUT2D eigenvalue weighted by atomic mass is 16.5. The Morgan fingerprint density at radius 1 is 1.21 bits per heavy atom. The van der Waals surface area contributed by atoms with E-state index in [-0.39, 0.29) is 11.9 Å². The van der Waals surface area contributed by atoms with Gasteiger partial charge >= 0.3 is 0 Å². The number of rotatable bonds is 7. The Hall–Kier alpha value is -2.50. The first kappa shape index (κ1) is 17.8. The van der Waals surface area contributed by atoms with Crippen LogP contribution in [0.2, 0.25) is 0 Å². The number of hydrogen-bond acceptors (Lipinski definition) is 4. The average Bonchev–Trinajstić information content (AvgIpc) is 3.01. The van der Waals surface area contributed by atoms with Crippen LogP contribution in [0.3, 0.4) is 0 Å². The summed E-state index contributed by atoms with van der Waals surface area (Å²) in [6, 6.07) is 7.11.